The predicted octanol–water partition coefficient (Wildman–Crippen LogP) is 5.88. The van der Waals surface area contributed by atoms with Crippen LogP contribution in [0.3, 0.4) is 0 Å². The van der Waals surface area contributed by atoms with Crippen LogP contribution >= 0.6 is 0 Å². The van der Waals surface area contributed by atoms with Gasteiger partial charge in [0.15, 0.2) is 0 Å². The van der Waals surface area contributed by atoms with E-state index in [1.54, 1.807) is 78.9 Å². The van der Waals surface area contributed by atoms with E-state index in [1.807, 2.05) is 0 Å². The number of nitrogens with zero attached hydrogens (tertiary/aromatic N) is 4. The molecule has 0 atom stereocenters. The number of hydrogen-bond acceptors (Lipinski definition) is 10. The molecule has 0 fully saturated rings. The smallest absolute Gasteiger partial charge is 0.346 e. The fourth-order valence-electron chi connectivity index (χ4n) is 4.23. The van der Waals surface area contributed by atoms with Crippen LogP contribution in [0.2, 0.25) is 0 Å². The third kappa shape index (κ3) is 5.45. The summed E-state index contributed by atoms with van der Waals surface area (Å²) in [4.78, 5) is 41.0. The number of anilines is 1. The van der Waals surface area contributed by atoms with Crippen molar-refractivity contribution in [3.8, 4) is 23.3 Å². The van der Waals surface area contributed by atoms with E-state index in [2.05, 4.69) is 19.9 Å². The van der Waals surface area contributed by atoms with E-state index >= 15 is 0 Å². The normalized spacial score (nSPS) is 10.9. The van der Waals surface area contributed by atoms with Gasteiger partial charge in [0.1, 0.15) is 11.5 Å². The summed E-state index contributed by atoms with van der Waals surface area (Å²) in [5, 5.41) is 2.44. The lowest BCUT2D eigenvalue weighted by molar-refractivity contribution is 0.0400. The largest absolute Gasteiger partial charge is 0.439 e. The second-order valence-electron chi connectivity index (χ2n) is 8.68. The Hall–Kier alpha value is -5.97. The van der Waals surface area contributed by atoms with Crippen LogP contribution in [0.15, 0.2) is 97.3 Å². The number of halogens is 1. The topological polar surface area (TPSA) is 139 Å². The van der Waals surface area contributed by atoms with Crippen LogP contribution in [0.1, 0.15) is 20.7 Å². The molecule has 2 N–H and O–H groups in total. The maximum absolute atomic E-state index is 13.3. The summed E-state index contributed by atoms with van der Waals surface area (Å²) in [5.41, 5.74) is 6.01. The highest BCUT2D eigenvalue weighted by Crippen LogP contribution is 2.29. The zero-order valence-electron chi connectivity index (χ0n) is 21.0. The lowest BCUT2D eigenvalue weighted by Crippen LogP contribution is -2.13. The number of aromatic nitrogens is 4. The molecule has 4 aromatic carbocycles. The molecule has 0 radical (unpaired) electrons. The van der Waals surface area contributed by atoms with Gasteiger partial charge in [0, 0.05) is 24.5 Å². The van der Waals surface area contributed by atoms with E-state index in [4.69, 9.17) is 19.9 Å². The number of carbonyl (C=O) groups is 2. The Labute approximate surface area is 231 Å². The van der Waals surface area contributed by atoms with Crippen LogP contribution in [0.25, 0.3) is 21.5 Å². The van der Waals surface area contributed by atoms with Crippen LogP contribution in [-0.4, -0.2) is 31.9 Å². The van der Waals surface area contributed by atoms with E-state index in [1.165, 1.54) is 18.5 Å². The molecule has 0 amide bonds. The Kier molecular flexibility index (Phi) is 6.58. The summed E-state index contributed by atoms with van der Waals surface area (Å²) in [6.07, 6.45) is 1.81. The summed E-state index contributed by atoms with van der Waals surface area (Å²) in [6, 6.07) is 23.0. The first-order valence-electron chi connectivity index (χ1n) is 12.2. The van der Waals surface area contributed by atoms with Crippen molar-refractivity contribution in [1.29, 1.82) is 0 Å². The maximum Gasteiger partial charge on any atom is 0.346 e. The molecule has 0 aliphatic rings. The van der Waals surface area contributed by atoms with Crippen molar-refractivity contribution in [3.05, 3.63) is 115 Å². The van der Waals surface area contributed by atoms with Gasteiger partial charge < -0.3 is 19.9 Å². The van der Waals surface area contributed by atoms with Crippen molar-refractivity contribution in [2.24, 2.45) is 0 Å². The molecule has 2 aromatic heterocycles. The molecule has 6 rings (SSSR count). The van der Waals surface area contributed by atoms with Gasteiger partial charge in [-0.1, -0.05) is 24.3 Å². The first-order valence-corrected chi connectivity index (χ1v) is 12.2. The van der Waals surface area contributed by atoms with Crippen LogP contribution in [0, 0.1) is 6.08 Å². The second-order valence-corrected chi connectivity index (χ2v) is 8.68. The van der Waals surface area contributed by atoms with Crippen molar-refractivity contribution in [3.63, 3.8) is 0 Å². The summed E-state index contributed by atoms with van der Waals surface area (Å²) in [5.74, 6) is -0.385. The van der Waals surface area contributed by atoms with E-state index in [0.717, 1.165) is 0 Å². The monoisotopic (exact) mass is 547 g/mol. The van der Waals surface area contributed by atoms with Gasteiger partial charge >= 0.3 is 18.0 Å². The summed E-state index contributed by atoms with van der Waals surface area (Å²) >= 11 is 0. The van der Waals surface area contributed by atoms with Gasteiger partial charge in [0.2, 0.25) is 17.7 Å². The molecule has 0 saturated heterocycles. The van der Waals surface area contributed by atoms with Crippen molar-refractivity contribution < 1.29 is 28.2 Å². The average molecular weight is 548 g/mol. The second kappa shape index (κ2) is 10.7. The number of esters is 2. The molecule has 2 heterocycles. The number of ether oxygens (including phenoxy) is 3. The van der Waals surface area contributed by atoms with Crippen molar-refractivity contribution in [1.82, 2.24) is 19.9 Å². The third-order valence-corrected chi connectivity index (χ3v) is 6.02. The Morgan fingerprint density at radius 1 is 0.659 bits per heavy atom. The molecule has 6 aromatic rings. The first kappa shape index (κ1) is 25.3. The summed E-state index contributed by atoms with van der Waals surface area (Å²) in [6.45, 7) is 0. The zero-order chi connectivity index (χ0) is 28.3. The number of hydrogen-bond donors (Lipinski definition) is 1. The van der Waals surface area contributed by atoms with Crippen molar-refractivity contribution in [2.75, 3.05) is 5.73 Å². The lowest BCUT2D eigenvalue weighted by Gasteiger charge is -2.10. The fourth-order valence-corrected chi connectivity index (χ4v) is 4.23. The predicted molar refractivity (Wildman–Crippen MR) is 146 cm³/mol. The van der Waals surface area contributed by atoms with Gasteiger partial charge in [0.25, 0.3) is 0 Å². The quantitative estimate of drug-likeness (QED) is 0.153. The molecular formula is C30H18FN5O5. The van der Waals surface area contributed by atoms with Gasteiger partial charge in [-0.2, -0.15) is 14.4 Å². The Morgan fingerprint density at radius 3 is 1.73 bits per heavy atom. The molecule has 11 heteroatoms. The highest BCUT2D eigenvalue weighted by Gasteiger charge is 2.19. The Bertz CT molecular complexity index is 1830. The molecule has 200 valence electrons. The number of nitrogens with two attached hydrogens (primary N) is 1. The Morgan fingerprint density at radius 2 is 1.20 bits per heavy atom. The highest BCUT2D eigenvalue weighted by atomic mass is 19.1. The molecule has 0 aliphatic carbocycles. The highest BCUT2D eigenvalue weighted by molar-refractivity contribution is 6.13. The lowest BCUT2D eigenvalue weighted by atomic mass is 10.0. The molecule has 0 aliphatic heterocycles. The third-order valence-electron chi connectivity index (χ3n) is 6.02. The molecular weight excluding hydrogens is 529 g/mol. The van der Waals surface area contributed by atoms with Gasteiger partial charge in [0.05, 0.1) is 11.1 Å². The maximum atomic E-state index is 13.3. The van der Waals surface area contributed by atoms with Gasteiger partial charge in [-0.3, -0.25) is 0 Å². The van der Waals surface area contributed by atoms with Gasteiger partial charge in [-0.25, -0.2) is 19.6 Å². The standard InChI is InChI=1S/C30H18FN5O5/c31-29-33-13-11-25(35-29)39-19-7-9-21-17(15-19)3-1-5-23(21)27(37)41-28(38)24-6-2-4-18-16-20(8-10-22(18)24)40-26-12-14-34-30(32)36-26/h1-16H,(H2,32,34,36). The molecule has 0 unspecified atom stereocenters. The van der Waals surface area contributed by atoms with Gasteiger partial charge in [-0.05, 0) is 70.1 Å². The first-order chi connectivity index (χ1) is 19.9. The van der Waals surface area contributed by atoms with E-state index in [-0.39, 0.29) is 28.8 Å². The minimum atomic E-state index is -0.911. The minimum absolute atomic E-state index is 0.0329. The summed E-state index contributed by atoms with van der Waals surface area (Å²) < 4.78 is 29.9. The molecule has 0 bridgehead atoms. The number of nitrogen functional groups attached to an aromatic ring is 1. The molecule has 0 spiro atoms. The van der Waals surface area contributed by atoms with Crippen LogP contribution < -0.4 is 15.2 Å². The minimum Gasteiger partial charge on any atom is -0.439 e. The molecule has 41 heavy (non-hydrogen) atoms. The number of rotatable bonds is 6. The van der Waals surface area contributed by atoms with Crippen LogP contribution in [0.5, 0.6) is 23.3 Å². The van der Waals surface area contributed by atoms with Crippen LogP contribution in [0.4, 0.5) is 10.3 Å². The van der Waals surface area contributed by atoms with Crippen LogP contribution in [-0.2, 0) is 4.74 Å². The van der Waals surface area contributed by atoms with Gasteiger partial charge in [-0.15, -0.1) is 0 Å². The average Bonchev–Trinajstić information content (AvgIpc) is 2.96. The van der Waals surface area contributed by atoms with E-state index < -0.39 is 18.0 Å². The zero-order valence-corrected chi connectivity index (χ0v) is 21.0. The van der Waals surface area contributed by atoms with E-state index in [0.29, 0.717) is 33.0 Å². The van der Waals surface area contributed by atoms with Crippen molar-refractivity contribution in [2.45, 2.75) is 0 Å². The number of fused-ring (bicyclic) bond motifs is 2. The molecule has 0 saturated carbocycles. The van der Waals surface area contributed by atoms with E-state index in [9.17, 15) is 14.0 Å². The number of benzene rings is 4. The summed E-state index contributed by atoms with van der Waals surface area (Å²) in [7, 11) is 0. The SMILES string of the molecule is Nc1nccc(Oc2ccc3c(C(=O)OC(=O)c4cccc5cc(Oc6ccnc(F)n6)ccc45)cccc3c2)n1. The molecule has 10 nitrogen and oxygen atoms in total. The van der Waals surface area contributed by atoms with Crippen molar-refractivity contribution >= 4 is 39.4 Å². The fraction of sp³-hybridized carbons (Fsp3) is 0. The Balaban J connectivity index is 1.22. The number of carbonyl (C=O) groups excluding carboxylic acids is 2.